The van der Waals surface area contributed by atoms with Crippen LogP contribution in [-0.4, -0.2) is 0 Å². The Kier molecular flexibility index (Phi) is 16.4. The fourth-order valence-electron chi connectivity index (χ4n) is 15.5. The topological polar surface area (TPSA) is 24.9 Å². The van der Waals surface area contributed by atoms with Crippen molar-refractivity contribution in [2.24, 2.45) is 0 Å². The van der Waals surface area contributed by atoms with Gasteiger partial charge in [0.1, 0.15) is 46.3 Å². The highest BCUT2D eigenvalue weighted by Crippen LogP contribution is 2.60. The summed E-state index contributed by atoms with van der Waals surface area (Å²) < 4.78 is 72.3. The smallest absolute Gasteiger partial charge is 0.127 e. The van der Waals surface area contributed by atoms with E-state index in [1.54, 1.807) is 36.4 Å². The first-order chi connectivity index (χ1) is 51.0. The Morgan fingerprint density at radius 3 is 0.788 bits per heavy atom. The Balaban J connectivity index is 0.824. The van der Waals surface area contributed by atoms with Crippen LogP contribution in [0.3, 0.4) is 0 Å². The average molecular weight is 1350 g/mol. The van der Waals surface area contributed by atoms with Gasteiger partial charge in [0.2, 0.25) is 0 Å². The van der Waals surface area contributed by atoms with E-state index in [1.807, 2.05) is 97.1 Å². The Labute approximate surface area is 601 Å². The lowest BCUT2D eigenvalue weighted by Crippen LogP contribution is -2.29. The number of rotatable bonds is 18. The highest BCUT2D eigenvalue weighted by molar-refractivity contribution is 5.93. The van der Waals surface area contributed by atoms with Gasteiger partial charge in [-0.25, -0.2) is 17.6 Å². The summed E-state index contributed by atoms with van der Waals surface area (Å²) >= 11 is 0. The summed E-state index contributed by atoms with van der Waals surface area (Å²) in [5, 5.41) is 0. The fraction of sp³-hybridized carbons (Fsp3) is 0.0208. The molecule has 0 spiro atoms. The third kappa shape index (κ3) is 11.4. The van der Waals surface area contributed by atoms with Crippen molar-refractivity contribution in [1.82, 2.24) is 0 Å². The van der Waals surface area contributed by atoms with Crippen molar-refractivity contribution in [2.75, 3.05) is 9.80 Å². The van der Waals surface area contributed by atoms with Crippen molar-refractivity contribution >= 4 is 46.3 Å². The van der Waals surface area contributed by atoms with Gasteiger partial charge in [-0.1, -0.05) is 207 Å². The monoisotopic (exact) mass is 1350 g/mol. The second-order valence-electron chi connectivity index (χ2n) is 26.2. The van der Waals surface area contributed by atoms with Gasteiger partial charge in [0.25, 0.3) is 0 Å². The van der Waals surface area contributed by atoms with Crippen molar-refractivity contribution in [3.63, 3.8) is 0 Å². The molecule has 0 bridgehead atoms. The van der Waals surface area contributed by atoms with Gasteiger partial charge in [0, 0.05) is 34.1 Å². The van der Waals surface area contributed by atoms with Crippen LogP contribution in [0, 0.1) is 23.3 Å². The van der Waals surface area contributed by atoms with E-state index in [0.29, 0.717) is 23.0 Å². The van der Waals surface area contributed by atoms with Gasteiger partial charge < -0.3 is 19.3 Å². The third-order valence-corrected chi connectivity index (χ3v) is 20.4. The van der Waals surface area contributed by atoms with E-state index in [1.165, 1.54) is 48.5 Å². The average Bonchev–Trinajstić information content (AvgIpc) is 1.53. The van der Waals surface area contributed by atoms with E-state index in [-0.39, 0.29) is 23.3 Å². The first-order valence-electron chi connectivity index (χ1n) is 34.5. The van der Waals surface area contributed by atoms with E-state index >= 15 is 8.78 Å². The molecule has 4 nitrogen and oxygen atoms in total. The Bertz CT molecular complexity index is 5340. The van der Waals surface area contributed by atoms with Gasteiger partial charge in [0.05, 0.1) is 10.8 Å². The molecular weight excluding hydrogens is 1290 g/mol. The lowest BCUT2D eigenvalue weighted by molar-refractivity contribution is 0.482. The number of hydrogen-bond acceptors (Lipinski definition) is 4. The van der Waals surface area contributed by atoms with Gasteiger partial charge >= 0.3 is 0 Å². The van der Waals surface area contributed by atoms with Crippen molar-refractivity contribution < 1.29 is 27.0 Å². The maximum Gasteiger partial charge on any atom is 0.127 e. The van der Waals surface area contributed by atoms with Crippen molar-refractivity contribution in [2.45, 2.75) is 10.8 Å². The van der Waals surface area contributed by atoms with Crippen LogP contribution in [0.5, 0.6) is 23.0 Å². The van der Waals surface area contributed by atoms with Crippen LogP contribution < -0.4 is 19.3 Å². The summed E-state index contributed by atoms with van der Waals surface area (Å²) in [5.74, 6) is 1.41. The van der Waals surface area contributed by atoms with Crippen molar-refractivity contribution in [3.8, 4) is 67.5 Å². The molecule has 0 aromatic heterocycles. The zero-order valence-corrected chi connectivity index (χ0v) is 56.3. The molecule has 15 aromatic carbocycles. The van der Waals surface area contributed by atoms with Crippen LogP contribution in [-0.2, 0) is 10.8 Å². The van der Waals surface area contributed by atoms with Crippen LogP contribution >= 0.6 is 0 Å². The molecule has 15 aromatic rings. The molecule has 0 saturated heterocycles. The summed E-state index contributed by atoms with van der Waals surface area (Å²) in [5.41, 5.74) is 20.9. The number of halogens is 4. The molecule has 104 heavy (non-hydrogen) atoms. The number of nitrogens with zero attached hydrogens (tertiary/aromatic N) is 2. The highest BCUT2D eigenvalue weighted by Gasteiger charge is 2.48. The first-order valence-corrected chi connectivity index (χ1v) is 34.5. The standard InChI is InChI=1S/C96H64F4N2O2/c1-3-63-13-51-83(52-14-63)103-85-55-29-71(30-56-85)95(69-25-37-75(99)38-26-69)91-11-7-5-9-87(91)89-59-49-81(61-93(89)95)101(77-41-21-67(22-42-77)65-17-33-73(97)34-18-65)79-45-47-80(48-46-79)102(78-43-23-68(24-44-78)66-19-35-74(98)36-20-66)82-50-60-90-88-10-6-8-12-92(88)96(94(90)62-82,70-27-39-76(100)40-28-70)72-31-57-86(58-32-72)104-84-53-15-64(4-2)16-54-84/h3-62H,1-2H2. The Morgan fingerprint density at radius 1 is 0.240 bits per heavy atom. The quantitative estimate of drug-likeness (QED) is 0.0800. The molecule has 0 N–H and O–H groups in total. The van der Waals surface area contributed by atoms with Gasteiger partial charge in [-0.05, 0) is 270 Å². The minimum Gasteiger partial charge on any atom is -0.457 e. The predicted molar refractivity (Wildman–Crippen MR) is 414 cm³/mol. The summed E-state index contributed by atoms with van der Waals surface area (Å²) in [4.78, 5) is 4.51. The second kappa shape index (κ2) is 26.7. The molecule has 0 saturated carbocycles. The van der Waals surface area contributed by atoms with Gasteiger partial charge in [-0.15, -0.1) is 0 Å². The summed E-state index contributed by atoms with van der Waals surface area (Å²) in [6.45, 7) is 7.82. The number of ether oxygens (including phenoxy) is 2. The zero-order valence-electron chi connectivity index (χ0n) is 56.3. The maximum atomic E-state index is 15.3. The molecule has 0 aliphatic heterocycles. The molecule has 2 aliphatic rings. The predicted octanol–water partition coefficient (Wildman–Crippen LogP) is 26.1. The second-order valence-corrected chi connectivity index (χ2v) is 26.2. The van der Waals surface area contributed by atoms with Crippen LogP contribution in [0.25, 0.3) is 56.7 Å². The van der Waals surface area contributed by atoms with E-state index in [0.717, 1.165) is 134 Å². The SMILES string of the molecule is C=Cc1ccc(Oc2ccc(C3(c4ccc(F)cc4)c4ccccc4-c4ccc(N(c5ccc(-c6ccc(F)cc6)cc5)c5ccc(N(c6ccc(-c7ccc(F)cc7)cc6)c6ccc7c(c6)C(c6ccc(F)cc6)(c6ccc(Oc8ccc(C=C)cc8)cc6)c6ccccc6-7)cc5)cc43)cc2)cc1. The number of benzene rings is 15. The van der Waals surface area contributed by atoms with E-state index in [9.17, 15) is 8.78 Å². The molecule has 498 valence electrons. The Hall–Kier alpha value is -13.3. The fourth-order valence-corrected chi connectivity index (χ4v) is 15.5. The van der Waals surface area contributed by atoms with Crippen LogP contribution in [0.15, 0.2) is 365 Å². The molecule has 17 rings (SSSR count). The first kappa shape index (κ1) is 64.1. The number of anilines is 6. The lowest BCUT2D eigenvalue weighted by atomic mass is 9.67. The highest BCUT2D eigenvalue weighted by atomic mass is 19.1. The maximum absolute atomic E-state index is 15.3. The number of fused-ring (bicyclic) bond motifs is 6. The van der Waals surface area contributed by atoms with Crippen LogP contribution in [0.2, 0.25) is 0 Å². The van der Waals surface area contributed by atoms with Crippen LogP contribution in [0.4, 0.5) is 51.7 Å². The molecule has 2 aliphatic carbocycles. The van der Waals surface area contributed by atoms with Gasteiger partial charge in [-0.2, -0.15) is 0 Å². The summed E-state index contributed by atoms with van der Waals surface area (Å²) in [7, 11) is 0. The molecule has 0 radical (unpaired) electrons. The minimum absolute atomic E-state index is 0.310. The Morgan fingerprint density at radius 2 is 0.481 bits per heavy atom. The number of hydrogen-bond donors (Lipinski definition) is 0. The molecule has 2 unspecified atom stereocenters. The minimum atomic E-state index is -0.934. The normalized spacial score (nSPS) is 14.5. The summed E-state index contributed by atoms with van der Waals surface area (Å²) in [6.07, 6.45) is 3.60. The van der Waals surface area contributed by atoms with E-state index in [4.69, 9.17) is 9.47 Å². The van der Waals surface area contributed by atoms with Gasteiger partial charge in [0.15, 0.2) is 0 Å². The molecule has 0 amide bonds. The van der Waals surface area contributed by atoms with Crippen molar-refractivity contribution in [3.05, 3.63) is 444 Å². The third-order valence-electron chi connectivity index (χ3n) is 20.4. The summed E-state index contributed by atoms with van der Waals surface area (Å²) in [6, 6.07) is 114. The molecule has 8 heteroatoms. The lowest BCUT2D eigenvalue weighted by Gasteiger charge is -2.35. The largest absolute Gasteiger partial charge is 0.457 e. The van der Waals surface area contributed by atoms with Crippen LogP contribution in [0.1, 0.15) is 55.6 Å². The zero-order chi connectivity index (χ0) is 70.5. The molecule has 0 heterocycles. The molecule has 2 atom stereocenters. The van der Waals surface area contributed by atoms with Gasteiger partial charge in [-0.3, -0.25) is 0 Å². The molecular formula is C96H64F4N2O2. The molecule has 0 fully saturated rings. The van der Waals surface area contributed by atoms with Crippen molar-refractivity contribution in [1.29, 1.82) is 0 Å². The van der Waals surface area contributed by atoms with E-state index in [2.05, 4.69) is 205 Å². The van der Waals surface area contributed by atoms with E-state index < -0.39 is 10.8 Å².